The first kappa shape index (κ1) is 6.97. The highest BCUT2D eigenvalue weighted by Gasteiger charge is 2.04. The summed E-state index contributed by atoms with van der Waals surface area (Å²) >= 11 is 0. The van der Waals surface area contributed by atoms with Crippen LogP contribution >= 0.6 is 0 Å². The van der Waals surface area contributed by atoms with Crippen LogP contribution in [0.1, 0.15) is 5.82 Å². The minimum Gasteiger partial charge on any atom is -0.854 e. The van der Waals surface area contributed by atoms with Crippen LogP contribution in [0.3, 0.4) is 0 Å². The second kappa shape index (κ2) is 2.41. The number of aryl methyl sites for hydroxylation is 1. The van der Waals surface area contributed by atoms with E-state index < -0.39 is 0 Å². The fraction of sp³-hybridized carbons (Fsp3) is 0.125. The Labute approximate surface area is 69.1 Å². The first-order chi connectivity index (χ1) is 5.77. The Morgan fingerprint density at radius 1 is 1.42 bits per heavy atom. The van der Waals surface area contributed by atoms with Crippen molar-refractivity contribution in [1.29, 1.82) is 0 Å². The van der Waals surface area contributed by atoms with E-state index in [0.717, 1.165) is 0 Å². The second-order valence-electron chi connectivity index (χ2n) is 2.49. The van der Waals surface area contributed by atoms with Crippen molar-refractivity contribution in [3.63, 3.8) is 0 Å². The van der Waals surface area contributed by atoms with Gasteiger partial charge in [-0.3, -0.25) is 0 Å². The largest absolute Gasteiger partial charge is 0.854 e. The fourth-order valence-electron chi connectivity index (χ4n) is 1.07. The standard InChI is InChI=1S/C8H7N3O/c1-6-9-8(12)7-4-2-3-5-11(7)10-6/h2-5H,1H3. The molecule has 0 saturated carbocycles. The molecule has 0 aliphatic heterocycles. The van der Waals surface area contributed by atoms with Crippen LogP contribution in [0.15, 0.2) is 24.4 Å². The lowest BCUT2D eigenvalue weighted by molar-refractivity contribution is -0.585. The van der Waals surface area contributed by atoms with Gasteiger partial charge in [0.15, 0.2) is 5.82 Å². The van der Waals surface area contributed by atoms with Crippen LogP contribution in [0, 0.1) is 6.92 Å². The molecule has 0 fully saturated rings. The molecule has 0 N–H and O–H groups in total. The van der Waals surface area contributed by atoms with Gasteiger partial charge in [-0.25, -0.2) is 4.98 Å². The third-order valence-corrected chi connectivity index (χ3v) is 1.57. The predicted molar refractivity (Wildman–Crippen MR) is 39.4 cm³/mol. The maximum absolute atomic E-state index is 11.2. The molecule has 0 atom stereocenters. The van der Waals surface area contributed by atoms with Crippen molar-refractivity contribution in [3.8, 4) is 5.88 Å². The molecule has 2 rings (SSSR count). The Morgan fingerprint density at radius 2 is 2.25 bits per heavy atom. The topological polar surface area (TPSA) is 52.9 Å². The predicted octanol–water partition coefficient (Wildman–Crippen LogP) is -0.403. The molecule has 0 saturated heterocycles. The average molecular weight is 161 g/mol. The van der Waals surface area contributed by atoms with Gasteiger partial charge in [0, 0.05) is 24.2 Å². The molecule has 0 bridgehead atoms. The summed E-state index contributed by atoms with van der Waals surface area (Å²) in [5, 5.41) is 15.3. The van der Waals surface area contributed by atoms with Crippen molar-refractivity contribution < 1.29 is 9.62 Å². The summed E-state index contributed by atoms with van der Waals surface area (Å²) in [5.41, 5.74) is 0.503. The molecule has 0 aliphatic carbocycles. The summed E-state index contributed by atoms with van der Waals surface area (Å²) in [5.74, 6) is 0.256. The molecular formula is C8H7N3O. The van der Waals surface area contributed by atoms with Gasteiger partial charge in [0.25, 0.3) is 0 Å². The van der Waals surface area contributed by atoms with Crippen LogP contribution in [0.25, 0.3) is 5.52 Å². The van der Waals surface area contributed by atoms with E-state index in [1.165, 1.54) is 4.52 Å². The van der Waals surface area contributed by atoms with Crippen molar-refractivity contribution in [2.45, 2.75) is 6.92 Å². The third-order valence-electron chi connectivity index (χ3n) is 1.57. The molecule has 4 heteroatoms. The van der Waals surface area contributed by atoms with Crippen molar-refractivity contribution in [1.82, 2.24) is 10.1 Å². The molecule has 0 aliphatic rings. The van der Waals surface area contributed by atoms with Gasteiger partial charge in [0.1, 0.15) is 0 Å². The molecule has 60 valence electrons. The number of rotatable bonds is 0. The number of hydrogen-bond donors (Lipinski definition) is 0. The van der Waals surface area contributed by atoms with Gasteiger partial charge in [0.2, 0.25) is 11.7 Å². The van der Waals surface area contributed by atoms with E-state index in [1.807, 2.05) is 6.07 Å². The summed E-state index contributed by atoms with van der Waals surface area (Å²) < 4.78 is 1.53. The summed E-state index contributed by atoms with van der Waals surface area (Å²) in [4.78, 5) is 3.71. The van der Waals surface area contributed by atoms with Gasteiger partial charge in [-0.05, 0) is 10.6 Å². The zero-order chi connectivity index (χ0) is 8.55. The number of aromatic nitrogens is 3. The van der Waals surface area contributed by atoms with Gasteiger partial charge in [0.05, 0.1) is 5.88 Å². The highest BCUT2D eigenvalue weighted by molar-refractivity contribution is 5.46. The zero-order valence-corrected chi connectivity index (χ0v) is 6.56. The first-order valence-electron chi connectivity index (χ1n) is 3.60. The lowest BCUT2D eigenvalue weighted by Gasteiger charge is -2.01. The van der Waals surface area contributed by atoms with Crippen LogP contribution in [-0.2, 0) is 0 Å². The molecular weight excluding hydrogens is 154 g/mol. The SMILES string of the molecule is Cc1nc([O-])c2cccc[n+]2n1. The Balaban J connectivity index is 2.89. The molecule has 4 nitrogen and oxygen atoms in total. The minimum atomic E-state index is -0.233. The number of hydrogen-bond acceptors (Lipinski definition) is 3. The Morgan fingerprint density at radius 3 is 3.08 bits per heavy atom. The lowest BCUT2D eigenvalue weighted by Crippen LogP contribution is -2.29. The highest BCUT2D eigenvalue weighted by atomic mass is 16.3. The van der Waals surface area contributed by atoms with Crippen molar-refractivity contribution in [2.24, 2.45) is 0 Å². The van der Waals surface area contributed by atoms with Gasteiger partial charge >= 0.3 is 0 Å². The zero-order valence-electron chi connectivity index (χ0n) is 6.56. The van der Waals surface area contributed by atoms with E-state index in [1.54, 1.807) is 25.3 Å². The third kappa shape index (κ3) is 0.972. The van der Waals surface area contributed by atoms with E-state index in [-0.39, 0.29) is 5.88 Å². The summed E-state index contributed by atoms with van der Waals surface area (Å²) in [7, 11) is 0. The van der Waals surface area contributed by atoms with Gasteiger partial charge in [-0.15, -0.1) is 0 Å². The Hall–Kier alpha value is -1.71. The van der Waals surface area contributed by atoms with Gasteiger partial charge < -0.3 is 5.11 Å². The van der Waals surface area contributed by atoms with Crippen LogP contribution in [0.5, 0.6) is 5.88 Å². The summed E-state index contributed by atoms with van der Waals surface area (Å²) in [6.45, 7) is 1.70. The number of nitrogens with zero attached hydrogens (tertiary/aromatic N) is 3. The van der Waals surface area contributed by atoms with Crippen molar-refractivity contribution >= 4 is 5.52 Å². The lowest BCUT2D eigenvalue weighted by atomic mass is 10.4. The van der Waals surface area contributed by atoms with Crippen molar-refractivity contribution in [3.05, 3.63) is 30.2 Å². The number of fused-ring (bicyclic) bond motifs is 1. The van der Waals surface area contributed by atoms with E-state index in [0.29, 0.717) is 11.3 Å². The number of pyridine rings is 1. The van der Waals surface area contributed by atoms with Crippen LogP contribution in [0.2, 0.25) is 0 Å². The van der Waals surface area contributed by atoms with Gasteiger partial charge in [-0.2, -0.15) is 0 Å². The molecule has 0 radical (unpaired) electrons. The van der Waals surface area contributed by atoms with Crippen LogP contribution < -0.4 is 9.62 Å². The molecule has 12 heavy (non-hydrogen) atoms. The molecule has 2 aromatic rings. The summed E-state index contributed by atoms with van der Waals surface area (Å²) in [6, 6.07) is 5.30. The Kier molecular flexibility index (Phi) is 1.40. The van der Waals surface area contributed by atoms with E-state index in [4.69, 9.17) is 0 Å². The monoisotopic (exact) mass is 161 g/mol. The molecule has 2 heterocycles. The molecule has 0 amide bonds. The van der Waals surface area contributed by atoms with E-state index >= 15 is 0 Å². The normalized spacial score (nSPS) is 10.4. The molecule has 0 aromatic carbocycles. The molecule has 2 aromatic heterocycles. The maximum atomic E-state index is 11.2. The first-order valence-corrected chi connectivity index (χ1v) is 3.60. The Bertz CT molecular complexity index is 428. The molecule has 0 spiro atoms. The van der Waals surface area contributed by atoms with E-state index in [9.17, 15) is 5.11 Å². The molecule has 0 unspecified atom stereocenters. The smallest absolute Gasteiger partial charge is 0.248 e. The minimum absolute atomic E-state index is 0.233. The van der Waals surface area contributed by atoms with Crippen molar-refractivity contribution in [2.75, 3.05) is 0 Å². The summed E-state index contributed by atoms with van der Waals surface area (Å²) in [6.07, 6.45) is 1.73. The quantitative estimate of drug-likeness (QED) is 0.494. The van der Waals surface area contributed by atoms with E-state index in [2.05, 4.69) is 10.1 Å². The maximum Gasteiger partial charge on any atom is 0.248 e. The van der Waals surface area contributed by atoms with Gasteiger partial charge in [-0.1, -0.05) is 0 Å². The van der Waals surface area contributed by atoms with Crippen LogP contribution in [-0.4, -0.2) is 10.1 Å². The average Bonchev–Trinajstić information content (AvgIpc) is 2.04. The second-order valence-corrected chi connectivity index (χ2v) is 2.49. The van der Waals surface area contributed by atoms with Crippen LogP contribution in [0.4, 0.5) is 0 Å². The fourth-order valence-corrected chi connectivity index (χ4v) is 1.07. The highest BCUT2D eigenvalue weighted by Crippen LogP contribution is 2.04.